The van der Waals surface area contributed by atoms with Gasteiger partial charge in [-0.1, -0.05) is 23.7 Å². The Bertz CT molecular complexity index is 456. The molecule has 1 fully saturated rings. The van der Waals surface area contributed by atoms with Gasteiger partial charge < -0.3 is 10.2 Å². The van der Waals surface area contributed by atoms with E-state index in [0.29, 0.717) is 6.54 Å². The highest BCUT2D eigenvalue weighted by atomic mass is 35.5. The maximum atomic E-state index is 12.7. The fraction of sp³-hybridized carbons (Fsp3) is 0.562. The van der Waals surface area contributed by atoms with E-state index in [2.05, 4.69) is 19.2 Å². The molecule has 1 saturated heterocycles. The van der Waals surface area contributed by atoms with Crippen LogP contribution in [0.1, 0.15) is 32.3 Å². The van der Waals surface area contributed by atoms with Crippen molar-refractivity contribution in [3.8, 4) is 0 Å². The normalized spacial score (nSPS) is 19.1. The van der Waals surface area contributed by atoms with Crippen LogP contribution in [0.2, 0.25) is 5.02 Å². The van der Waals surface area contributed by atoms with E-state index >= 15 is 0 Å². The fourth-order valence-electron chi connectivity index (χ4n) is 2.64. The zero-order valence-electron chi connectivity index (χ0n) is 12.2. The van der Waals surface area contributed by atoms with Crippen LogP contribution in [0.3, 0.4) is 0 Å². The summed E-state index contributed by atoms with van der Waals surface area (Å²) < 4.78 is 0. The van der Waals surface area contributed by atoms with Gasteiger partial charge in [-0.3, -0.25) is 4.79 Å². The summed E-state index contributed by atoms with van der Waals surface area (Å²) in [5.74, 6) is 0.373. The van der Waals surface area contributed by atoms with Gasteiger partial charge in [0.05, 0.1) is 5.92 Å². The van der Waals surface area contributed by atoms with Crippen LogP contribution in [0.5, 0.6) is 0 Å². The molecule has 0 bridgehead atoms. The molecule has 0 aliphatic carbocycles. The summed E-state index contributed by atoms with van der Waals surface area (Å²) in [6.45, 7) is 6.60. The van der Waals surface area contributed by atoms with Crippen LogP contribution in [-0.2, 0) is 11.3 Å². The standard InChI is InChI=1S/C16H23ClN2O/c1-12(2)19(11-13-5-3-7-15(17)9-13)16(20)14-6-4-8-18-10-14/h3,5,7,9,12,14,18H,4,6,8,10-11H2,1-2H3/t14-/m0/s1. The second kappa shape index (κ2) is 7.09. The van der Waals surface area contributed by atoms with Crippen molar-refractivity contribution in [3.63, 3.8) is 0 Å². The molecule has 2 rings (SSSR count). The Morgan fingerprint density at radius 3 is 2.90 bits per heavy atom. The predicted octanol–water partition coefficient (Wildman–Crippen LogP) is 3.08. The molecule has 1 aromatic rings. The lowest BCUT2D eigenvalue weighted by molar-refractivity contribution is -0.138. The van der Waals surface area contributed by atoms with Crippen LogP contribution in [0.4, 0.5) is 0 Å². The van der Waals surface area contributed by atoms with E-state index in [1.54, 1.807) is 0 Å². The topological polar surface area (TPSA) is 32.3 Å². The lowest BCUT2D eigenvalue weighted by atomic mass is 9.97. The zero-order chi connectivity index (χ0) is 14.5. The number of hydrogen-bond acceptors (Lipinski definition) is 2. The van der Waals surface area contributed by atoms with Crippen molar-refractivity contribution in [2.45, 2.75) is 39.3 Å². The Balaban J connectivity index is 2.08. The number of halogens is 1. The van der Waals surface area contributed by atoms with Gasteiger partial charge in [-0.2, -0.15) is 0 Å². The highest BCUT2D eigenvalue weighted by molar-refractivity contribution is 6.30. The van der Waals surface area contributed by atoms with Crippen LogP contribution < -0.4 is 5.32 Å². The summed E-state index contributed by atoms with van der Waals surface area (Å²) in [4.78, 5) is 14.6. The number of nitrogens with one attached hydrogen (secondary N) is 1. The van der Waals surface area contributed by atoms with Crippen molar-refractivity contribution in [1.29, 1.82) is 0 Å². The third-order valence-corrected chi connectivity index (χ3v) is 4.03. The molecule has 0 saturated carbocycles. The smallest absolute Gasteiger partial charge is 0.227 e. The second-order valence-electron chi connectivity index (χ2n) is 5.73. The maximum Gasteiger partial charge on any atom is 0.227 e. The van der Waals surface area contributed by atoms with Gasteiger partial charge in [-0.05, 0) is 50.9 Å². The van der Waals surface area contributed by atoms with E-state index in [1.807, 2.05) is 29.2 Å². The van der Waals surface area contributed by atoms with Gasteiger partial charge >= 0.3 is 0 Å². The first-order valence-corrected chi connectivity index (χ1v) is 7.71. The van der Waals surface area contributed by atoms with Gasteiger partial charge in [0.1, 0.15) is 0 Å². The van der Waals surface area contributed by atoms with Crippen molar-refractivity contribution >= 4 is 17.5 Å². The van der Waals surface area contributed by atoms with Crippen molar-refractivity contribution in [2.24, 2.45) is 5.92 Å². The summed E-state index contributed by atoms with van der Waals surface area (Å²) >= 11 is 6.02. The largest absolute Gasteiger partial charge is 0.336 e. The van der Waals surface area contributed by atoms with E-state index in [9.17, 15) is 4.79 Å². The molecule has 1 aromatic carbocycles. The van der Waals surface area contributed by atoms with Gasteiger partial charge in [-0.15, -0.1) is 0 Å². The van der Waals surface area contributed by atoms with Gasteiger partial charge in [0.25, 0.3) is 0 Å². The van der Waals surface area contributed by atoms with Crippen molar-refractivity contribution < 1.29 is 4.79 Å². The molecule has 1 atom stereocenters. The van der Waals surface area contributed by atoms with E-state index in [1.165, 1.54) is 0 Å². The average molecular weight is 295 g/mol. The molecule has 1 N–H and O–H groups in total. The van der Waals surface area contributed by atoms with Crippen molar-refractivity contribution in [2.75, 3.05) is 13.1 Å². The molecule has 0 spiro atoms. The first-order valence-electron chi connectivity index (χ1n) is 7.33. The monoisotopic (exact) mass is 294 g/mol. The number of hydrogen-bond donors (Lipinski definition) is 1. The van der Waals surface area contributed by atoms with Gasteiger partial charge in [0.15, 0.2) is 0 Å². The van der Waals surface area contributed by atoms with Gasteiger partial charge in [0.2, 0.25) is 5.91 Å². The molecule has 0 unspecified atom stereocenters. The summed E-state index contributed by atoms with van der Waals surface area (Å²) in [6.07, 6.45) is 2.07. The summed E-state index contributed by atoms with van der Waals surface area (Å²) in [7, 11) is 0. The minimum Gasteiger partial charge on any atom is -0.336 e. The first-order chi connectivity index (χ1) is 9.58. The molecule has 1 heterocycles. The quantitative estimate of drug-likeness (QED) is 0.925. The number of piperidine rings is 1. The van der Waals surface area contributed by atoms with Gasteiger partial charge in [-0.25, -0.2) is 0 Å². The Kier molecular flexibility index (Phi) is 5.44. The number of benzene rings is 1. The van der Waals surface area contributed by atoms with Crippen molar-refractivity contribution in [3.05, 3.63) is 34.9 Å². The Hall–Kier alpha value is -1.06. The predicted molar refractivity (Wildman–Crippen MR) is 82.7 cm³/mol. The Morgan fingerprint density at radius 1 is 1.50 bits per heavy atom. The molecule has 1 amide bonds. The Labute approximate surface area is 126 Å². The number of amides is 1. The molecular formula is C16H23ClN2O. The van der Waals surface area contributed by atoms with E-state index in [4.69, 9.17) is 11.6 Å². The molecule has 3 nitrogen and oxygen atoms in total. The molecule has 1 aliphatic rings. The highest BCUT2D eigenvalue weighted by Gasteiger charge is 2.27. The van der Waals surface area contributed by atoms with Crippen LogP contribution in [0.25, 0.3) is 0 Å². The third-order valence-electron chi connectivity index (χ3n) is 3.79. The SMILES string of the molecule is CC(C)N(Cc1cccc(Cl)c1)C(=O)[C@H]1CCCNC1. The molecule has 1 aliphatic heterocycles. The fourth-order valence-corrected chi connectivity index (χ4v) is 2.86. The van der Waals surface area contributed by atoms with Crippen LogP contribution in [-0.4, -0.2) is 29.9 Å². The number of rotatable bonds is 4. The highest BCUT2D eigenvalue weighted by Crippen LogP contribution is 2.19. The molecule has 20 heavy (non-hydrogen) atoms. The maximum absolute atomic E-state index is 12.7. The lowest BCUT2D eigenvalue weighted by Gasteiger charge is -2.32. The minimum atomic E-state index is 0.116. The minimum absolute atomic E-state index is 0.116. The lowest BCUT2D eigenvalue weighted by Crippen LogP contribution is -2.45. The molecule has 110 valence electrons. The van der Waals surface area contributed by atoms with Gasteiger partial charge in [0, 0.05) is 24.2 Å². The molecule has 0 aromatic heterocycles. The zero-order valence-corrected chi connectivity index (χ0v) is 13.0. The van der Waals surface area contributed by atoms with E-state index < -0.39 is 0 Å². The van der Waals surface area contributed by atoms with E-state index in [-0.39, 0.29) is 17.9 Å². The second-order valence-corrected chi connectivity index (χ2v) is 6.17. The van der Waals surface area contributed by atoms with E-state index in [0.717, 1.165) is 36.5 Å². The Morgan fingerprint density at radius 2 is 2.30 bits per heavy atom. The molecule has 0 radical (unpaired) electrons. The average Bonchev–Trinajstić information content (AvgIpc) is 2.45. The summed E-state index contributed by atoms with van der Waals surface area (Å²) in [5, 5.41) is 4.03. The number of carbonyl (C=O) groups excluding carboxylic acids is 1. The molecule has 4 heteroatoms. The van der Waals surface area contributed by atoms with Crippen LogP contribution in [0, 0.1) is 5.92 Å². The number of nitrogens with zero attached hydrogens (tertiary/aromatic N) is 1. The first kappa shape index (κ1) is 15.3. The van der Waals surface area contributed by atoms with Crippen LogP contribution >= 0.6 is 11.6 Å². The summed E-state index contributed by atoms with van der Waals surface area (Å²) in [5.41, 5.74) is 1.09. The van der Waals surface area contributed by atoms with Crippen molar-refractivity contribution in [1.82, 2.24) is 10.2 Å². The third kappa shape index (κ3) is 3.97. The summed E-state index contributed by atoms with van der Waals surface area (Å²) in [6, 6.07) is 7.95. The van der Waals surface area contributed by atoms with Crippen LogP contribution in [0.15, 0.2) is 24.3 Å². The number of carbonyl (C=O) groups is 1. The molecular weight excluding hydrogens is 272 g/mol.